The lowest BCUT2D eigenvalue weighted by Gasteiger charge is -2.33. The number of aromatic nitrogens is 1. The van der Waals surface area contributed by atoms with Gasteiger partial charge < -0.3 is 4.98 Å². The van der Waals surface area contributed by atoms with Crippen LogP contribution < -0.4 is 5.56 Å². The van der Waals surface area contributed by atoms with Crippen molar-refractivity contribution in [2.75, 3.05) is 26.2 Å². The Labute approximate surface area is 164 Å². The normalized spacial score (nSPS) is 16.5. The molecule has 0 unspecified atom stereocenters. The van der Waals surface area contributed by atoms with Crippen LogP contribution in [0, 0.1) is 6.92 Å². The second-order valence-corrected chi connectivity index (χ2v) is 9.14. The molecule has 0 atom stereocenters. The number of nitrogens with zero attached hydrogens (tertiary/aromatic N) is 2. The number of pyridine rings is 1. The van der Waals surface area contributed by atoms with Gasteiger partial charge in [-0.1, -0.05) is 35.9 Å². The average molecular weight is 398 g/mol. The lowest BCUT2D eigenvalue weighted by Crippen LogP contribution is -2.48. The Morgan fingerprint density at radius 2 is 1.64 bits per heavy atom. The van der Waals surface area contributed by atoms with Gasteiger partial charge in [-0.05, 0) is 36.6 Å². The summed E-state index contributed by atoms with van der Waals surface area (Å²) in [6.45, 7) is 4.47. The van der Waals surface area contributed by atoms with Crippen molar-refractivity contribution >= 4 is 20.9 Å². The van der Waals surface area contributed by atoms with Crippen LogP contribution in [-0.2, 0) is 16.6 Å². The van der Waals surface area contributed by atoms with Gasteiger partial charge in [0.25, 0.3) is 5.56 Å². The third-order valence-electron chi connectivity index (χ3n) is 5.21. The van der Waals surface area contributed by atoms with Gasteiger partial charge >= 0.3 is 0 Å². The lowest BCUT2D eigenvalue weighted by atomic mass is 10.1. The number of fused-ring (bicyclic) bond motifs is 1. The Morgan fingerprint density at radius 3 is 2.36 bits per heavy atom. The third-order valence-corrected chi connectivity index (χ3v) is 7.13. The summed E-state index contributed by atoms with van der Waals surface area (Å²) in [5.41, 5.74) is 2.47. The molecule has 2 aromatic carbocycles. The fourth-order valence-electron chi connectivity index (χ4n) is 3.54. The molecular weight excluding hydrogens is 374 g/mol. The molecule has 1 saturated heterocycles. The van der Waals surface area contributed by atoms with E-state index in [1.165, 1.54) is 4.31 Å². The minimum absolute atomic E-state index is 0.0894. The van der Waals surface area contributed by atoms with Crippen LogP contribution in [0.1, 0.15) is 11.1 Å². The molecule has 3 aromatic rings. The fourth-order valence-corrected chi connectivity index (χ4v) is 4.96. The average Bonchev–Trinajstić information content (AvgIpc) is 2.69. The number of hydrogen-bond donors (Lipinski definition) is 1. The molecule has 0 saturated carbocycles. The van der Waals surface area contributed by atoms with Crippen LogP contribution in [0.2, 0.25) is 0 Å². The highest BCUT2D eigenvalue weighted by atomic mass is 32.2. The zero-order valence-electron chi connectivity index (χ0n) is 15.8. The topological polar surface area (TPSA) is 73.5 Å². The van der Waals surface area contributed by atoms with Crippen molar-refractivity contribution in [3.63, 3.8) is 0 Å². The van der Waals surface area contributed by atoms with Gasteiger partial charge in [0.05, 0.1) is 4.90 Å². The maximum absolute atomic E-state index is 12.8. The third kappa shape index (κ3) is 3.73. The van der Waals surface area contributed by atoms with E-state index >= 15 is 0 Å². The van der Waals surface area contributed by atoms with Crippen molar-refractivity contribution in [3.05, 3.63) is 76.1 Å². The Morgan fingerprint density at radius 1 is 0.964 bits per heavy atom. The van der Waals surface area contributed by atoms with E-state index in [4.69, 9.17) is 0 Å². The molecule has 1 aliphatic rings. The zero-order chi connectivity index (χ0) is 19.7. The van der Waals surface area contributed by atoms with Crippen LogP contribution in [0.15, 0.2) is 64.3 Å². The highest BCUT2D eigenvalue weighted by molar-refractivity contribution is 7.89. The number of hydrogen-bond acceptors (Lipinski definition) is 4. The second-order valence-electron chi connectivity index (χ2n) is 7.20. The summed E-state index contributed by atoms with van der Waals surface area (Å²) in [4.78, 5) is 17.7. The highest BCUT2D eigenvalue weighted by Crippen LogP contribution is 2.19. The molecule has 28 heavy (non-hydrogen) atoms. The van der Waals surface area contributed by atoms with Crippen LogP contribution in [0.4, 0.5) is 0 Å². The standard InChI is InChI=1S/C21H23N3O3S/c1-16-6-8-19(9-7-16)28(26,27)24-12-10-23(11-13-24)15-18-14-17-4-2-3-5-20(17)22-21(18)25/h2-9,14H,10-13,15H2,1H3,(H,22,25). The number of H-pyrrole nitrogens is 1. The van der Waals surface area contributed by atoms with E-state index in [1.807, 2.05) is 49.4 Å². The molecule has 2 heterocycles. The van der Waals surface area contributed by atoms with Gasteiger partial charge in [0.1, 0.15) is 0 Å². The summed E-state index contributed by atoms with van der Waals surface area (Å²) < 4.78 is 27.2. The Bertz CT molecular complexity index is 1150. The Kier molecular flexibility index (Phi) is 5.05. The molecule has 1 aliphatic heterocycles. The van der Waals surface area contributed by atoms with E-state index in [1.54, 1.807) is 12.1 Å². The molecule has 0 radical (unpaired) electrons. The number of benzene rings is 2. The minimum Gasteiger partial charge on any atom is -0.322 e. The van der Waals surface area contributed by atoms with Gasteiger partial charge in [-0.3, -0.25) is 9.69 Å². The fraction of sp³-hybridized carbons (Fsp3) is 0.286. The van der Waals surface area contributed by atoms with Gasteiger partial charge in [0.2, 0.25) is 10.0 Å². The molecule has 1 aromatic heterocycles. The second kappa shape index (κ2) is 7.50. The van der Waals surface area contributed by atoms with E-state index < -0.39 is 10.0 Å². The molecule has 0 aliphatic carbocycles. The van der Waals surface area contributed by atoms with E-state index in [0.29, 0.717) is 43.2 Å². The summed E-state index contributed by atoms with van der Waals surface area (Å²) >= 11 is 0. The molecule has 0 bridgehead atoms. The van der Waals surface area contributed by atoms with Crippen LogP contribution in [0.25, 0.3) is 10.9 Å². The van der Waals surface area contributed by atoms with Gasteiger partial charge in [0.15, 0.2) is 0 Å². The van der Waals surface area contributed by atoms with Crippen molar-refractivity contribution in [1.29, 1.82) is 0 Å². The quantitative estimate of drug-likeness (QED) is 0.733. The van der Waals surface area contributed by atoms with E-state index in [0.717, 1.165) is 16.5 Å². The van der Waals surface area contributed by atoms with Crippen LogP contribution >= 0.6 is 0 Å². The first-order chi connectivity index (χ1) is 13.4. The molecule has 7 heteroatoms. The predicted molar refractivity (Wildman–Crippen MR) is 110 cm³/mol. The van der Waals surface area contributed by atoms with Crippen molar-refractivity contribution in [2.45, 2.75) is 18.4 Å². The number of para-hydroxylation sites is 1. The van der Waals surface area contributed by atoms with E-state index in [-0.39, 0.29) is 5.56 Å². The number of piperazine rings is 1. The smallest absolute Gasteiger partial charge is 0.252 e. The number of sulfonamides is 1. The Hall–Kier alpha value is -2.48. The maximum atomic E-state index is 12.8. The van der Waals surface area contributed by atoms with Crippen molar-refractivity contribution in [2.24, 2.45) is 0 Å². The van der Waals surface area contributed by atoms with Gasteiger partial charge in [-0.2, -0.15) is 4.31 Å². The maximum Gasteiger partial charge on any atom is 0.252 e. The Balaban J connectivity index is 1.45. The van der Waals surface area contributed by atoms with Gasteiger partial charge in [-0.15, -0.1) is 0 Å². The van der Waals surface area contributed by atoms with Crippen LogP contribution in [0.5, 0.6) is 0 Å². The molecular formula is C21H23N3O3S. The number of aryl methyl sites for hydroxylation is 1. The zero-order valence-corrected chi connectivity index (χ0v) is 16.6. The van der Waals surface area contributed by atoms with E-state index in [9.17, 15) is 13.2 Å². The van der Waals surface area contributed by atoms with Gasteiger partial charge in [0, 0.05) is 43.8 Å². The van der Waals surface area contributed by atoms with Crippen molar-refractivity contribution < 1.29 is 8.42 Å². The summed E-state index contributed by atoms with van der Waals surface area (Å²) in [5.74, 6) is 0. The minimum atomic E-state index is -3.47. The number of rotatable bonds is 4. The molecule has 146 valence electrons. The first kappa shape index (κ1) is 18.9. The van der Waals surface area contributed by atoms with E-state index in [2.05, 4.69) is 9.88 Å². The first-order valence-electron chi connectivity index (χ1n) is 9.33. The van der Waals surface area contributed by atoms with Gasteiger partial charge in [-0.25, -0.2) is 8.42 Å². The summed E-state index contributed by atoms with van der Waals surface area (Å²) in [6, 6.07) is 16.6. The summed E-state index contributed by atoms with van der Waals surface area (Å²) in [6.07, 6.45) is 0. The highest BCUT2D eigenvalue weighted by Gasteiger charge is 2.28. The monoisotopic (exact) mass is 397 g/mol. The van der Waals surface area contributed by atoms with Crippen LogP contribution in [0.3, 0.4) is 0 Å². The lowest BCUT2D eigenvalue weighted by molar-refractivity contribution is 0.181. The number of nitrogens with one attached hydrogen (secondary N) is 1. The van der Waals surface area contributed by atoms with Crippen LogP contribution in [-0.4, -0.2) is 48.8 Å². The van der Waals surface area contributed by atoms with Crippen molar-refractivity contribution in [3.8, 4) is 0 Å². The predicted octanol–water partition coefficient (Wildman–Crippen LogP) is 2.34. The molecule has 0 spiro atoms. The molecule has 1 fully saturated rings. The SMILES string of the molecule is Cc1ccc(S(=O)(=O)N2CCN(Cc3cc4ccccc4[nH]c3=O)CC2)cc1. The van der Waals surface area contributed by atoms with Crippen molar-refractivity contribution in [1.82, 2.24) is 14.2 Å². The largest absolute Gasteiger partial charge is 0.322 e. The number of aromatic amines is 1. The molecule has 6 nitrogen and oxygen atoms in total. The summed E-state index contributed by atoms with van der Waals surface area (Å²) in [5, 5.41) is 0.998. The molecule has 4 rings (SSSR count). The molecule has 0 amide bonds. The first-order valence-corrected chi connectivity index (χ1v) is 10.8. The molecule has 1 N–H and O–H groups in total. The summed E-state index contributed by atoms with van der Waals surface area (Å²) in [7, 11) is -3.47.